The number of hydrogen-bond acceptors (Lipinski definition) is 8. The predicted molar refractivity (Wildman–Crippen MR) is 106 cm³/mol. The first-order valence-corrected chi connectivity index (χ1v) is 9.60. The van der Waals surface area contributed by atoms with Crippen LogP contribution in [0.15, 0.2) is 47.2 Å². The van der Waals surface area contributed by atoms with E-state index in [-0.39, 0.29) is 29.4 Å². The topological polar surface area (TPSA) is 130 Å². The quantitative estimate of drug-likeness (QED) is 0.781. The number of nitriles is 1. The predicted octanol–water partition coefficient (Wildman–Crippen LogP) is 2.47. The fourth-order valence-corrected chi connectivity index (χ4v) is 4.48. The van der Waals surface area contributed by atoms with E-state index in [0.29, 0.717) is 35.9 Å². The summed E-state index contributed by atoms with van der Waals surface area (Å²) in [5, 5.41) is 16.8. The third-order valence-electron chi connectivity index (χ3n) is 5.73. The Labute approximate surface area is 172 Å². The molecule has 9 heteroatoms. The van der Waals surface area contributed by atoms with Crippen molar-refractivity contribution in [2.45, 2.75) is 32.6 Å². The molecule has 0 amide bonds. The van der Waals surface area contributed by atoms with E-state index in [2.05, 4.69) is 21.3 Å². The van der Waals surface area contributed by atoms with E-state index in [4.69, 9.17) is 15.2 Å². The number of ketones is 1. The maximum Gasteiger partial charge on any atom is 0.231 e. The summed E-state index contributed by atoms with van der Waals surface area (Å²) in [6.45, 7) is 4.23. The molecule has 152 valence electrons. The minimum atomic E-state index is -0.581. The highest BCUT2D eigenvalue weighted by Crippen LogP contribution is 2.50. The van der Waals surface area contributed by atoms with E-state index in [1.807, 2.05) is 26.0 Å². The van der Waals surface area contributed by atoms with Crippen molar-refractivity contribution in [1.82, 2.24) is 15.2 Å². The highest BCUT2D eigenvalue weighted by atomic mass is 16.7. The van der Waals surface area contributed by atoms with Gasteiger partial charge in [-0.05, 0) is 29.5 Å². The van der Waals surface area contributed by atoms with Gasteiger partial charge in [-0.3, -0.25) is 9.69 Å². The molecule has 2 aromatic rings. The summed E-state index contributed by atoms with van der Waals surface area (Å²) in [4.78, 5) is 19.3. The molecule has 0 saturated heterocycles. The van der Waals surface area contributed by atoms with Crippen LogP contribution in [-0.4, -0.2) is 27.8 Å². The van der Waals surface area contributed by atoms with E-state index in [1.54, 1.807) is 11.0 Å². The molecule has 0 bridgehead atoms. The number of carbonyl (C=O) groups is 1. The zero-order valence-electron chi connectivity index (χ0n) is 16.6. The van der Waals surface area contributed by atoms with Crippen molar-refractivity contribution in [3.8, 4) is 17.6 Å². The van der Waals surface area contributed by atoms with Gasteiger partial charge >= 0.3 is 0 Å². The zero-order chi connectivity index (χ0) is 21.0. The van der Waals surface area contributed by atoms with Crippen LogP contribution in [0, 0.1) is 16.7 Å². The summed E-state index contributed by atoms with van der Waals surface area (Å²) >= 11 is 0. The van der Waals surface area contributed by atoms with Gasteiger partial charge in [0, 0.05) is 17.7 Å². The van der Waals surface area contributed by atoms with Crippen LogP contribution in [0.3, 0.4) is 0 Å². The third kappa shape index (κ3) is 2.64. The molecule has 1 atom stereocenters. The Morgan fingerprint density at radius 1 is 1.30 bits per heavy atom. The maximum atomic E-state index is 13.4. The van der Waals surface area contributed by atoms with Crippen LogP contribution in [-0.2, 0) is 4.79 Å². The molecule has 0 spiro atoms. The van der Waals surface area contributed by atoms with Crippen molar-refractivity contribution in [3.63, 3.8) is 0 Å². The molecule has 30 heavy (non-hydrogen) atoms. The van der Waals surface area contributed by atoms with Crippen LogP contribution >= 0.6 is 0 Å². The van der Waals surface area contributed by atoms with Gasteiger partial charge in [0.05, 0.1) is 17.6 Å². The number of benzene rings is 1. The van der Waals surface area contributed by atoms with Crippen molar-refractivity contribution in [1.29, 1.82) is 5.26 Å². The lowest BCUT2D eigenvalue weighted by atomic mass is 9.68. The standard InChI is InChI=1S/C21H20N6O3/c1-21(2)6-13-18(14(28)7-21)17(11-3-4-15-16(5-11)30-10-29-15)12(8-22)19(23)27(13)20-24-9-25-26-20/h3-5,9,17H,6-7,10,23H2,1-2H3,(H,24,25,26)/t17-/m0/s1. The van der Waals surface area contributed by atoms with Crippen molar-refractivity contribution in [2.24, 2.45) is 11.1 Å². The Bertz CT molecular complexity index is 1160. The van der Waals surface area contributed by atoms with Crippen LogP contribution in [0.2, 0.25) is 0 Å². The summed E-state index contributed by atoms with van der Waals surface area (Å²) in [5.74, 6) is 1.25. The monoisotopic (exact) mass is 404 g/mol. The normalized spacial score (nSPS) is 22.2. The number of nitrogens with one attached hydrogen (secondary N) is 1. The fourth-order valence-electron chi connectivity index (χ4n) is 4.48. The number of hydrogen-bond donors (Lipinski definition) is 2. The molecule has 1 aromatic carbocycles. The zero-order valence-corrected chi connectivity index (χ0v) is 16.6. The summed E-state index contributed by atoms with van der Waals surface area (Å²) in [6, 6.07) is 7.69. The van der Waals surface area contributed by atoms with Crippen molar-refractivity contribution in [2.75, 3.05) is 11.7 Å². The smallest absolute Gasteiger partial charge is 0.231 e. The van der Waals surface area contributed by atoms with Gasteiger partial charge in [0.15, 0.2) is 17.3 Å². The summed E-state index contributed by atoms with van der Waals surface area (Å²) in [5.41, 5.74) is 8.61. The van der Waals surface area contributed by atoms with E-state index in [1.165, 1.54) is 6.33 Å². The first-order chi connectivity index (χ1) is 14.4. The van der Waals surface area contributed by atoms with Crippen LogP contribution < -0.4 is 20.1 Å². The average Bonchev–Trinajstić information content (AvgIpc) is 3.37. The molecule has 5 rings (SSSR count). The van der Waals surface area contributed by atoms with E-state index >= 15 is 0 Å². The van der Waals surface area contributed by atoms with Crippen molar-refractivity contribution >= 4 is 11.7 Å². The maximum absolute atomic E-state index is 13.4. The number of nitrogens with zero attached hydrogens (tertiary/aromatic N) is 4. The number of carbonyl (C=O) groups excluding carboxylic acids is 1. The van der Waals surface area contributed by atoms with Crippen LogP contribution in [0.1, 0.15) is 38.2 Å². The first kappa shape index (κ1) is 18.2. The highest BCUT2D eigenvalue weighted by Gasteiger charge is 2.45. The number of Topliss-reactive ketones (excluding diaryl/α,β-unsaturated/α-hetero) is 1. The summed E-state index contributed by atoms with van der Waals surface area (Å²) in [7, 11) is 0. The van der Waals surface area contributed by atoms with Gasteiger partial charge in [-0.25, -0.2) is 5.10 Å². The minimum Gasteiger partial charge on any atom is -0.454 e. The molecule has 9 nitrogen and oxygen atoms in total. The van der Waals surface area contributed by atoms with Gasteiger partial charge in [-0.2, -0.15) is 15.3 Å². The lowest BCUT2D eigenvalue weighted by molar-refractivity contribution is -0.118. The van der Waals surface area contributed by atoms with Crippen LogP contribution in [0.4, 0.5) is 5.95 Å². The van der Waals surface area contributed by atoms with Crippen LogP contribution in [0.25, 0.3) is 0 Å². The van der Waals surface area contributed by atoms with Crippen molar-refractivity contribution < 1.29 is 14.3 Å². The Morgan fingerprint density at radius 2 is 2.10 bits per heavy atom. The molecule has 1 aromatic heterocycles. The molecule has 0 saturated carbocycles. The summed E-state index contributed by atoms with van der Waals surface area (Å²) in [6.07, 6.45) is 2.36. The SMILES string of the molecule is CC1(C)CC(=O)C2=C(C1)N(c1ncn[nH]1)C(N)=C(C#N)[C@@H]2c1ccc2c(c1)OCO2. The van der Waals surface area contributed by atoms with E-state index < -0.39 is 5.92 Å². The largest absolute Gasteiger partial charge is 0.454 e. The van der Waals surface area contributed by atoms with Crippen LogP contribution in [0.5, 0.6) is 11.5 Å². The van der Waals surface area contributed by atoms with Gasteiger partial charge in [-0.1, -0.05) is 19.9 Å². The number of anilines is 1. The number of H-pyrrole nitrogens is 1. The lowest BCUT2D eigenvalue weighted by Crippen LogP contribution is -2.42. The first-order valence-electron chi connectivity index (χ1n) is 9.60. The third-order valence-corrected chi connectivity index (χ3v) is 5.73. The second-order valence-corrected chi connectivity index (χ2v) is 8.40. The molecule has 0 unspecified atom stereocenters. The Hall–Kier alpha value is -3.80. The van der Waals surface area contributed by atoms with Gasteiger partial charge in [-0.15, -0.1) is 0 Å². The number of ether oxygens (including phenoxy) is 2. The fraction of sp³-hybridized carbons (Fsp3) is 0.333. The Balaban J connectivity index is 1.75. The molecule has 3 aliphatic rings. The van der Waals surface area contributed by atoms with Crippen molar-refractivity contribution in [3.05, 3.63) is 52.8 Å². The molecule has 0 fully saturated rings. The molecular weight excluding hydrogens is 384 g/mol. The van der Waals surface area contributed by atoms with Gasteiger partial charge in [0.2, 0.25) is 12.7 Å². The number of fused-ring (bicyclic) bond motifs is 1. The molecule has 3 N–H and O–H groups in total. The Morgan fingerprint density at radius 3 is 2.83 bits per heavy atom. The number of rotatable bonds is 2. The number of nitrogens with two attached hydrogens (primary N) is 1. The lowest BCUT2D eigenvalue weighted by Gasteiger charge is -2.42. The number of aromatic nitrogens is 3. The van der Waals surface area contributed by atoms with Gasteiger partial charge in [0.1, 0.15) is 12.1 Å². The summed E-state index contributed by atoms with van der Waals surface area (Å²) < 4.78 is 10.9. The van der Waals surface area contributed by atoms with E-state index in [0.717, 1.165) is 11.3 Å². The van der Waals surface area contributed by atoms with Gasteiger partial charge < -0.3 is 15.2 Å². The second-order valence-electron chi connectivity index (χ2n) is 8.40. The van der Waals surface area contributed by atoms with Gasteiger partial charge in [0.25, 0.3) is 0 Å². The number of allylic oxidation sites excluding steroid dienone is 3. The minimum absolute atomic E-state index is 0.00585. The second kappa shape index (κ2) is 6.35. The molecule has 1 aliphatic carbocycles. The Kier molecular flexibility index (Phi) is 3.86. The average molecular weight is 404 g/mol. The van der Waals surface area contributed by atoms with E-state index in [9.17, 15) is 10.1 Å². The highest BCUT2D eigenvalue weighted by molar-refractivity contribution is 6.01. The molecule has 2 aliphatic heterocycles. The molecule has 0 radical (unpaired) electrons. The molecule has 3 heterocycles. The number of aromatic amines is 1. The molecular formula is C21H20N6O3.